The van der Waals surface area contributed by atoms with Crippen molar-refractivity contribution in [1.82, 2.24) is 5.32 Å². The summed E-state index contributed by atoms with van der Waals surface area (Å²) in [6.45, 7) is 4.66. The Bertz CT molecular complexity index is 491. The Kier molecular flexibility index (Phi) is 4.89. The Morgan fingerprint density at radius 1 is 1.55 bits per heavy atom. The van der Waals surface area contributed by atoms with E-state index >= 15 is 0 Å². The molecule has 0 bridgehead atoms. The molecule has 0 saturated heterocycles. The molecule has 0 fully saturated rings. The minimum absolute atomic E-state index is 0.00148. The monoisotopic (exact) mass is 296 g/mol. The highest BCUT2D eigenvalue weighted by Gasteiger charge is 2.30. The second-order valence-corrected chi connectivity index (χ2v) is 6.07. The van der Waals surface area contributed by atoms with Gasteiger partial charge in [0.1, 0.15) is 5.75 Å². The molecule has 0 aliphatic carbocycles. The van der Waals surface area contributed by atoms with Crippen molar-refractivity contribution < 1.29 is 9.53 Å². The molecule has 2 unspecified atom stereocenters. The molecule has 0 saturated carbocycles. The number of hydrogen-bond donors (Lipinski definition) is 2. The van der Waals surface area contributed by atoms with E-state index in [9.17, 15) is 4.79 Å². The number of amides is 1. The summed E-state index contributed by atoms with van der Waals surface area (Å²) in [4.78, 5) is 12.2. The number of halogens is 1. The van der Waals surface area contributed by atoms with Gasteiger partial charge >= 0.3 is 0 Å². The van der Waals surface area contributed by atoms with Crippen molar-refractivity contribution in [3.05, 3.63) is 28.8 Å². The van der Waals surface area contributed by atoms with E-state index in [1.54, 1.807) is 12.1 Å². The van der Waals surface area contributed by atoms with Crippen LogP contribution in [-0.2, 0) is 11.2 Å². The summed E-state index contributed by atoms with van der Waals surface area (Å²) < 4.78 is 5.66. The van der Waals surface area contributed by atoms with Crippen LogP contribution in [0.2, 0.25) is 5.02 Å². The van der Waals surface area contributed by atoms with E-state index in [1.165, 1.54) is 0 Å². The van der Waals surface area contributed by atoms with Gasteiger partial charge in [0.05, 0.1) is 0 Å². The summed E-state index contributed by atoms with van der Waals surface area (Å²) in [6.07, 6.45) is 0.943. The lowest BCUT2D eigenvalue weighted by atomic mass is 10.0. The van der Waals surface area contributed by atoms with Crippen LogP contribution in [-0.4, -0.2) is 24.6 Å². The highest BCUT2D eigenvalue weighted by Crippen LogP contribution is 2.31. The zero-order valence-corrected chi connectivity index (χ0v) is 12.6. The van der Waals surface area contributed by atoms with E-state index in [1.807, 2.05) is 6.07 Å². The molecule has 2 rings (SSSR count). The van der Waals surface area contributed by atoms with Gasteiger partial charge in [-0.3, -0.25) is 4.79 Å². The average Bonchev–Trinajstić information content (AvgIpc) is 2.80. The van der Waals surface area contributed by atoms with E-state index in [0.717, 1.165) is 17.7 Å². The molecular weight excluding hydrogens is 276 g/mol. The van der Waals surface area contributed by atoms with Crippen LogP contribution in [0.5, 0.6) is 5.75 Å². The summed E-state index contributed by atoms with van der Waals surface area (Å²) in [6, 6.07) is 5.42. The van der Waals surface area contributed by atoms with Gasteiger partial charge in [0.15, 0.2) is 6.10 Å². The average molecular weight is 297 g/mol. The molecule has 1 amide bonds. The molecule has 2 atom stereocenters. The van der Waals surface area contributed by atoms with Crippen LogP contribution in [0.3, 0.4) is 0 Å². The van der Waals surface area contributed by atoms with Crippen molar-refractivity contribution in [2.24, 2.45) is 11.7 Å². The largest absolute Gasteiger partial charge is 0.480 e. The first kappa shape index (κ1) is 15.1. The molecule has 4 nitrogen and oxygen atoms in total. The van der Waals surface area contributed by atoms with Gasteiger partial charge in [-0.05, 0) is 36.1 Å². The summed E-state index contributed by atoms with van der Waals surface area (Å²) in [5.41, 5.74) is 6.68. The highest BCUT2D eigenvalue weighted by atomic mass is 35.5. The second-order valence-electron chi connectivity index (χ2n) is 5.63. The summed E-state index contributed by atoms with van der Waals surface area (Å²) in [5.74, 6) is 1.13. The van der Waals surface area contributed by atoms with Crippen LogP contribution >= 0.6 is 11.6 Å². The van der Waals surface area contributed by atoms with Crippen LogP contribution in [0.25, 0.3) is 0 Å². The van der Waals surface area contributed by atoms with Gasteiger partial charge < -0.3 is 15.8 Å². The fourth-order valence-corrected chi connectivity index (χ4v) is 2.64. The van der Waals surface area contributed by atoms with Crippen LogP contribution < -0.4 is 15.8 Å². The maximum atomic E-state index is 12.2. The van der Waals surface area contributed by atoms with Crippen molar-refractivity contribution in [2.45, 2.75) is 38.8 Å². The molecule has 1 heterocycles. The maximum absolute atomic E-state index is 12.2. The normalized spacial score (nSPS) is 18.6. The molecule has 1 aliphatic rings. The molecule has 1 aromatic rings. The number of nitrogens with two attached hydrogens (primary N) is 1. The topological polar surface area (TPSA) is 64.3 Å². The molecule has 0 aromatic heterocycles. The lowest BCUT2D eigenvalue weighted by Gasteiger charge is -2.20. The summed E-state index contributed by atoms with van der Waals surface area (Å²) >= 11 is 5.94. The van der Waals surface area contributed by atoms with Gasteiger partial charge in [0.2, 0.25) is 0 Å². The molecule has 0 spiro atoms. The molecular formula is C15H21ClN2O2. The fourth-order valence-electron chi connectivity index (χ4n) is 2.44. The number of hydrogen-bond acceptors (Lipinski definition) is 3. The predicted molar refractivity (Wildman–Crippen MR) is 80.0 cm³/mol. The summed E-state index contributed by atoms with van der Waals surface area (Å²) in [7, 11) is 0. The third-order valence-electron chi connectivity index (χ3n) is 3.38. The number of benzene rings is 1. The minimum Gasteiger partial charge on any atom is -0.480 e. The zero-order chi connectivity index (χ0) is 14.7. The van der Waals surface area contributed by atoms with Gasteiger partial charge in [-0.25, -0.2) is 0 Å². The predicted octanol–water partition coefficient (Wildman–Crippen LogP) is 2.13. The first-order chi connectivity index (χ1) is 9.49. The first-order valence-corrected chi connectivity index (χ1v) is 7.33. The molecule has 0 radical (unpaired) electrons. The second kappa shape index (κ2) is 6.46. The highest BCUT2D eigenvalue weighted by molar-refractivity contribution is 6.30. The van der Waals surface area contributed by atoms with Gasteiger partial charge in [0, 0.05) is 24.0 Å². The van der Waals surface area contributed by atoms with Crippen LogP contribution in [0.15, 0.2) is 18.2 Å². The van der Waals surface area contributed by atoms with Crippen molar-refractivity contribution >= 4 is 17.5 Å². The Hall–Kier alpha value is -1.26. The SMILES string of the molecule is CC(C)CC(CN)NC(=O)C1Cc2cc(Cl)ccc2O1. The number of carbonyl (C=O) groups excluding carboxylic acids is 1. The van der Waals surface area contributed by atoms with Crippen molar-refractivity contribution in [2.75, 3.05) is 6.54 Å². The van der Waals surface area contributed by atoms with Gasteiger partial charge in [-0.15, -0.1) is 0 Å². The molecule has 3 N–H and O–H groups in total. The molecule has 20 heavy (non-hydrogen) atoms. The van der Waals surface area contributed by atoms with E-state index < -0.39 is 6.10 Å². The molecule has 110 valence electrons. The lowest BCUT2D eigenvalue weighted by molar-refractivity contribution is -0.128. The van der Waals surface area contributed by atoms with Gasteiger partial charge in [-0.1, -0.05) is 25.4 Å². The third-order valence-corrected chi connectivity index (χ3v) is 3.61. The Morgan fingerprint density at radius 2 is 2.30 bits per heavy atom. The van der Waals surface area contributed by atoms with Crippen LogP contribution in [0.4, 0.5) is 0 Å². The van der Waals surface area contributed by atoms with Crippen molar-refractivity contribution in [3.63, 3.8) is 0 Å². The first-order valence-electron chi connectivity index (χ1n) is 6.95. The third kappa shape index (κ3) is 3.64. The number of nitrogens with one attached hydrogen (secondary N) is 1. The molecule has 1 aliphatic heterocycles. The summed E-state index contributed by atoms with van der Waals surface area (Å²) in [5, 5.41) is 3.63. The lowest BCUT2D eigenvalue weighted by Crippen LogP contribution is -2.46. The number of rotatable bonds is 5. The van der Waals surface area contributed by atoms with Gasteiger partial charge in [0.25, 0.3) is 5.91 Å². The Morgan fingerprint density at radius 3 is 2.95 bits per heavy atom. The van der Waals surface area contributed by atoms with E-state index in [2.05, 4.69) is 19.2 Å². The van der Waals surface area contributed by atoms with E-state index in [-0.39, 0.29) is 11.9 Å². The number of ether oxygens (including phenoxy) is 1. The maximum Gasteiger partial charge on any atom is 0.261 e. The van der Waals surface area contributed by atoms with Gasteiger partial charge in [-0.2, -0.15) is 0 Å². The van der Waals surface area contributed by atoms with Crippen molar-refractivity contribution in [3.8, 4) is 5.75 Å². The van der Waals surface area contributed by atoms with Crippen molar-refractivity contribution in [1.29, 1.82) is 0 Å². The quantitative estimate of drug-likeness (QED) is 0.875. The van der Waals surface area contributed by atoms with Crippen LogP contribution in [0, 0.1) is 5.92 Å². The zero-order valence-electron chi connectivity index (χ0n) is 11.9. The van der Waals surface area contributed by atoms with Crippen LogP contribution in [0.1, 0.15) is 25.8 Å². The van der Waals surface area contributed by atoms with E-state index in [4.69, 9.17) is 22.1 Å². The van der Waals surface area contributed by atoms with E-state index in [0.29, 0.717) is 23.9 Å². The fraction of sp³-hybridized carbons (Fsp3) is 0.533. The standard InChI is InChI=1S/C15H21ClN2O2/c1-9(2)5-12(8-17)18-15(19)14-7-10-6-11(16)3-4-13(10)20-14/h3-4,6,9,12,14H,5,7-8,17H2,1-2H3,(H,18,19). The molecule has 5 heteroatoms. The Labute approximate surface area is 124 Å². The minimum atomic E-state index is -0.482. The number of fused-ring (bicyclic) bond motifs is 1. The molecule has 1 aromatic carbocycles. The number of carbonyl (C=O) groups is 1. The smallest absolute Gasteiger partial charge is 0.261 e. The Balaban J connectivity index is 1.95.